The normalized spacial score (nSPS) is 12.2. The highest BCUT2D eigenvalue weighted by molar-refractivity contribution is 6.06. The number of anilines is 1. The Balaban J connectivity index is 2.34. The molecule has 0 spiro atoms. The van der Waals surface area contributed by atoms with E-state index >= 15 is 0 Å². The van der Waals surface area contributed by atoms with Crippen LogP contribution in [0.25, 0.3) is 0 Å². The molecule has 2 aromatic carbocycles. The van der Waals surface area contributed by atoms with Crippen LogP contribution in [0.2, 0.25) is 0 Å². The van der Waals surface area contributed by atoms with Gasteiger partial charge in [-0.1, -0.05) is 50.2 Å². The van der Waals surface area contributed by atoms with Crippen LogP contribution in [-0.2, 0) is 0 Å². The number of hydrogen-bond donors (Lipinski definition) is 0. The molecular formula is C19H23NO. The second-order valence-electron chi connectivity index (χ2n) is 5.86. The Labute approximate surface area is 127 Å². The molecule has 0 aliphatic rings. The summed E-state index contributed by atoms with van der Waals surface area (Å²) in [5, 5.41) is 0. The van der Waals surface area contributed by atoms with Gasteiger partial charge >= 0.3 is 0 Å². The standard InChI is InChI=1S/C19H23NO/c1-15(2)14-16(3)20(18-12-8-5-9-13-18)19(21)17-10-6-4-7-11-17/h4-13,15-16H,14H2,1-3H3. The van der Waals surface area contributed by atoms with E-state index in [-0.39, 0.29) is 11.9 Å². The Morgan fingerprint density at radius 1 is 0.905 bits per heavy atom. The Kier molecular flexibility index (Phi) is 5.15. The highest BCUT2D eigenvalue weighted by Crippen LogP contribution is 2.23. The zero-order chi connectivity index (χ0) is 15.2. The molecule has 2 aromatic rings. The second-order valence-corrected chi connectivity index (χ2v) is 5.86. The first kappa shape index (κ1) is 15.3. The molecule has 0 saturated carbocycles. The number of amides is 1. The molecule has 2 heteroatoms. The molecule has 0 aliphatic carbocycles. The average molecular weight is 281 g/mol. The van der Waals surface area contributed by atoms with Crippen LogP contribution in [0.3, 0.4) is 0 Å². The van der Waals surface area contributed by atoms with E-state index < -0.39 is 0 Å². The van der Waals surface area contributed by atoms with Gasteiger partial charge in [0.2, 0.25) is 0 Å². The Morgan fingerprint density at radius 3 is 1.95 bits per heavy atom. The van der Waals surface area contributed by atoms with Crippen LogP contribution in [0.5, 0.6) is 0 Å². The molecule has 0 N–H and O–H groups in total. The molecule has 0 bridgehead atoms. The number of carbonyl (C=O) groups excluding carboxylic acids is 1. The van der Waals surface area contributed by atoms with Gasteiger partial charge in [-0.25, -0.2) is 0 Å². The van der Waals surface area contributed by atoms with Crippen LogP contribution >= 0.6 is 0 Å². The third-order valence-electron chi connectivity index (χ3n) is 3.53. The van der Waals surface area contributed by atoms with Crippen molar-refractivity contribution in [1.82, 2.24) is 0 Å². The molecule has 0 heterocycles. The Morgan fingerprint density at radius 2 is 1.43 bits per heavy atom. The summed E-state index contributed by atoms with van der Waals surface area (Å²) in [6.45, 7) is 6.49. The Hall–Kier alpha value is -2.09. The van der Waals surface area contributed by atoms with Gasteiger partial charge in [-0.3, -0.25) is 4.79 Å². The van der Waals surface area contributed by atoms with E-state index in [0.29, 0.717) is 5.92 Å². The number of para-hydroxylation sites is 1. The SMILES string of the molecule is CC(C)CC(C)N(C(=O)c1ccccc1)c1ccccc1. The van der Waals surface area contributed by atoms with Gasteiger partial charge in [0, 0.05) is 17.3 Å². The van der Waals surface area contributed by atoms with E-state index in [4.69, 9.17) is 0 Å². The summed E-state index contributed by atoms with van der Waals surface area (Å²) in [4.78, 5) is 14.8. The number of rotatable bonds is 5. The molecule has 110 valence electrons. The van der Waals surface area contributed by atoms with Gasteiger partial charge in [0.15, 0.2) is 0 Å². The van der Waals surface area contributed by atoms with Gasteiger partial charge in [0.25, 0.3) is 5.91 Å². The minimum Gasteiger partial charge on any atom is -0.306 e. The van der Waals surface area contributed by atoms with Crippen molar-refractivity contribution in [2.45, 2.75) is 33.2 Å². The first-order valence-corrected chi connectivity index (χ1v) is 7.53. The smallest absolute Gasteiger partial charge is 0.258 e. The van der Waals surface area contributed by atoms with Gasteiger partial charge in [0.1, 0.15) is 0 Å². The lowest BCUT2D eigenvalue weighted by atomic mass is 10.0. The van der Waals surface area contributed by atoms with Crippen molar-refractivity contribution < 1.29 is 4.79 Å². The summed E-state index contributed by atoms with van der Waals surface area (Å²) in [6.07, 6.45) is 0.980. The van der Waals surface area contributed by atoms with Crippen LogP contribution in [0, 0.1) is 5.92 Å². The molecular weight excluding hydrogens is 258 g/mol. The lowest BCUT2D eigenvalue weighted by molar-refractivity contribution is 0.0976. The van der Waals surface area contributed by atoms with Gasteiger partial charge < -0.3 is 4.90 Å². The highest BCUT2D eigenvalue weighted by atomic mass is 16.2. The summed E-state index contributed by atoms with van der Waals surface area (Å²) in [6, 6.07) is 19.6. The summed E-state index contributed by atoms with van der Waals surface area (Å²) >= 11 is 0. The van der Waals surface area contributed by atoms with Crippen molar-refractivity contribution in [3.8, 4) is 0 Å². The van der Waals surface area contributed by atoms with E-state index in [1.165, 1.54) is 0 Å². The minimum atomic E-state index is 0.0648. The molecule has 0 radical (unpaired) electrons. The van der Waals surface area contributed by atoms with Crippen molar-refractivity contribution in [3.05, 3.63) is 66.2 Å². The summed E-state index contributed by atoms with van der Waals surface area (Å²) in [5.74, 6) is 0.615. The molecule has 1 amide bonds. The highest BCUT2D eigenvalue weighted by Gasteiger charge is 2.23. The maximum atomic E-state index is 12.9. The van der Waals surface area contributed by atoms with Crippen molar-refractivity contribution >= 4 is 11.6 Å². The van der Waals surface area contributed by atoms with Crippen LogP contribution < -0.4 is 4.90 Å². The van der Waals surface area contributed by atoms with E-state index in [2.05, 4.69) is 20.8 Å². The molecule has 2 nitrogen and oxygen atoms in total. The molecule has 1 unspecified atom stereocenters. The van der Waals surface area contributed by atoms with E-state index in [0.717, 1.165) is 17.7 Å². The van der Waals surface area contributed by atoms with E-state index in [1.54, 1.807) is 0 Å². The predicted octanol–water partition coefficient (Wildman–Crippen LogP) is 4.77. The number of carbonyl (C=O) groups is 1. The minimum absolute atomic E-state index is 0.0648. The first-order valence-electron chi connectivity index (χ1n) is 7.53. The van der Waals surface area contributed by atoms with E-state index in [9.17, 15) is 4.79 Å². The van der Waals surface area contributed by atoms with Crippen LogP contribution in [0.4, 0.5) is 5.69 Å². The summed E-state index contributed by atoms with van der Waals surface area (Å²) in [5.41, 5.74) is 1.69. The van der Waals surface area contributed by atoms with Crippen molar-refractivity contribution in [1.29, 1.82) is 0 Å². The lowest BCUT2D eigenvalue weighted by Gasteiger charge is -2.30. The summed E-state index contributed by atoms with van der Waals surface area (Å²) in [7, 11) is 0. The predicted molar refractivity (Wildman–Crippen MR) is 88.6 cm³/mol. The van der Waals surface area contributed by atoms with Crippen molar-refractivity contribution in [3.63, 3.8) is 0 Å². The van der Waals surface area contributed by atoms with Gasteiger partial charge in [-0.05, 0) is 43.5 Å². The molecule has 0 aromatic heterocycles. The van der Waals surface area contributed by atoms with Gasteiger partial charge in [0.05, 0.1) is 0 Å². The van der Waals surface area contributed by atoms with Gasteiger partial charge in [-0.2, -0.15) is 0 Å². The zero-order valence-electron chi connectivity index (χ0n) is 13.0. The fraction of sp³-hybridized carbons (Fsp3) is 0.316. The fourth-order valence-corrected chi connectivity index (χ4v) is 2.67. The first-order chi connectivity index (χ1) is 10.1. The average Bonchev–Trinajstić information content (AvgIpc) is 2.48. The summed E-state index contributed by atoms with van der Waals surface area (Å²) < 4.78 is 0. The maximum Gasteiger partial charge on any atom is 0.258 e. The molecule has 0 aliphatic heterocycles. The largest absolute Gasteiger partial charge is 0.306 e. The molecule has 0 fully saturated rings. The maximum absolute atomic E-state index is 12.9. The second kappa shape index (κ2) is 7.07. The lowest BCUT2D eigenvalue weighted by Crippen LogP contribution is -2.39. The number of nitrogens with zero attached hydrogens (tertiary/aromatic N) is 1. The molecule has 2 rings (SSSR count). The molecule has 21 heavy (non-hydrogen) atoms. The number of hydrogen-bond acceptors (Lipinski definition) is 1. The number of benzene rings is 2. The van der Waals surface area contributed by atoms with Crippen LogP contribution in [0.15, 0.2) is 60.7 Å². The van der Waals surface area contributed by atoms with Crippen molar-refractivity contribution in [2.24, 2.45) is 5.92 Å². The van der Waals surface area contributed by atoms with Gasteiger partial charge in [-0.15, -0.1) is 0 Å². The third kappa shape index (κ3) is 3.94. The molecule has 0 saturated heterocycles. The molecule has 1 atom stereocenters. The topological polar surface area (TPSA) is 20.3 Å². The Bertz CT molecular complexity index is 563. The van der Waals surface area contributed by atoms with Crippen LogP contribution in [0.1, 0.15) is 37.6 Å². The fourth-order valence-electron chi connectivity index (χ4n) is 2.67. The third-order valence-corrected chi connectivity index (χ3v) is 3.53. The van der Waals surface area contributed by atoms with E-state index in [1.807, 2.05) is 65.6 Å². The zero-order valence-corrected chi connectivity index (χ0v) is 13.0. The quantitative estimate of drug-likeness (QED) is 0.773. The monoisotopic (exact) mass is 281 g/mol. The van der Waals surface area contributed by atoms with Crippen LogP contribution in [-0.4, -0.2) is 11.9 Å². The van der Waals surface area contributed by atoms with Crippen molar-refractivity contribution in [2.75, 3.05) is 4.90 Å².